The molecule has 0 radical (unpaired) electrons. The standard InChI is InChI=1S/C15H22N2O/c1-11-3-7-14(8-4-11)12(2)16-10-15(18)17-9-13-5-6-13/h3-4,7-8,12-13,16H,5-6,9-10H2,1-2H3,(H,17,18)/t12-/m0/s1. The number of rotatable bonds is 6. The topological polar surface area (TPSA) is 41.1 Å². The van der Waals surface area contributed by atoms with Gasteiger partial charge in [-0.05, 0) is 38.2 Å². The van der Waals surface area contributed by atoms with Crippen molar-refractivity contribution in [3.8, 4) is 0 Å². The van der Waals surface area contributed by atoms with Crippen LogP contribution in [0.3, 0.4) is 0 Å². The third kappa shape index (κ3) is 4.15. The van der Waals surface area contributed by atoms with Crippen LogP contribution in [0.25, 0.3) is 0 Å². The average Bonchev–Trinajstić information content (AvgIpc) is 3.18. The van der Waals surface area contributed by atoms with E-state index in [2.05, 4.69) is 48.7 Å². The zero-order chi connectivity index (χ0) is 13.0. The average molecular weight is 246 g/mol. The minimum Gasteiger partial charge on any atom is -0.355 e. The van der Waals surface area contributed by atoms with Crippen molar-refractivity contribution in [3.05, 3.63) is 35.4 Å². The van der Waals surface area contributed by atoms with E-state index in [1.807, 2.05) is 0 Å². The van der Waals surface area contributed by atoms with E-state index in [9.17, 15) is 4.79 Å². The molecule has 0 aliphatic heterocycles. The molecule has 1 aliphatic carbocycles. The van der Waals surface area contributed by atoms with Gasteiger partial charge in [0.2, 0.25) is 5.91 Å². The molecular formula is C15H22N2O. The summed E-state index contributed by atoms with van der Waals surface area (Å²) in [6.45, 7) is 5.40. The van der Waals surface area contributed by atoms with Crippen molar-refractivity contribution in [2.75, 3.05) is 13.1 Å². The highest BCUT2D eigenvalue weighted by Crippen LogP contribution is 2.27. The number of carbonyl (C=O) groups excluding carboxylic acids is 1. The van der Waals surface area contributed by atoms with E-state index in [1.54, 1.807) is 0 Å². The largest absolute Gasteiger partial charge is 0.355 e. The molecule has 1 saturated carbocycles. The Morgan fingerprint density at radius 2 is 2.00 bits per heavy atom. The summed E-state index contributed by atoms with van der Waals surface area (Å²) < 4.78 is 0. The third-order valence-corrected chi connectivity index (χ3v) is 3.43. The van der Waals surface area contributed by atoms with Gasteiger partial charge in [0, 0.05) is 12.6 Å². The smallest absolute Gasteiger partial charge is 0.233 e. The molecule has 1 aromatic carbocycles. The minimum atomic E-state index is 0.0980. The lowest BCUT2D eigenvalue weighted by atomic mass is 10.1. The van der Waals surface area contributed by atoms with Gasteiger partial charge in [-0.15, -0.1) is 0 Å². The Balaban J connectivity index is 1.71. The maximum atomic E-state index is 11.6. The monoisotopic (exact) mass is 246 g/mol. The predicted octanol–water partition coefficient (Wildman–Crippen LogP) is 2.17. The van der Waals surface area contributed by atoms with E-state index in [-0.39, 0.29) is 11.9 Å². The zero-order valence-corrected chi connectivity index (χ0v) is 11.2. The molecule has 18 heavy (non-hydrogen) atoms. The molecule has 1 amide bonds. The summed E-state index contributed by atoms with van der Waals surface area (Å²) in [5.41, 5.74) is 2.48. The number of amides is 1. The number of benzene rings is 1. The van der Waals surface area contributed by atoms with Crippen LogP contribution in [0, 0.1) is 12.8 Å². The van der Waals surface area contributed by atoms with E-state index < -0.39 is 0 Å². The second kappa shape index (κ2) is 6.01. The number of carbonyl (C=O) groups is 1. The summed E-state index contributed by atoms with van der Waals surface area (Å²) in [7, 11) is 0. The molecule has 0 heterocycles. The van der Waals surface area contributed by atoms with Crippen LogP contribution in [0.5, 0.6) is 0 Å². The highest BCUT2D eigenvalue weighted by atomic mass is 16.1. The van der Waals surface area contributed by atoms with Gasteiger partial charge in [0.1, 0.15) is 0 Å². The Labute approximate surface area is 109 Å². The molecule has 0 aromatic heterocycles. The van der Waals surface area contributed by atoms with Crippen molar-refractivity contribution in [3.63, 3.8) is 0 Å². The molecule has 3 heteroatoms. The summed E-state index contributed by atoms with van der Waals surface area (Å²) in [4.78, 5) is 11.6. The van der Waals surface area contributed by atoms with Crippen molar-refractivity contribution in [1.82, 2.24) is 10.6 Å². The van der Waals surface area contributed by atoms with Crippen LogP contribution in [0.2, 0.25) is 0 Å². The molecule has 0 spiro atoms. The molecule has 2 N–H and O–H groups in total. The molecule has 1 aromatic rings. The van der Waals surface area contributed by atoms with Gasteiger partial charge in [-0.25, -0.2) is 0 Å². The third-order valence-electron chi connectivity index (χ3n) is 3.43. The lowest BCUT2D eigenvalue weighted by Crippen LogP contribution is -2.36. The summed E-state index contributed by atoms with van der Waals surface area (Å²) in [5.74, 6) is 0.837. The van der Waals surface area contributed by atoms with E-state index in [0.29, 0.717) is 6.54 Å². The van der Waals surface area contributed by atoms with Crippen molar-refractivity contribution in [1.29, 1.82) is 0 Å². The first kappa shape index (κ1) is 13.1. The fraction of sp³-hybridized carbons (Fsp3) is 0.533. The molecule has 3 nitrogen and oxygen atoms in total. The first-order valence-electron chi connectivity index (χ1n) is 6.72. The number of hydrogen-bond donors (Lipinski definition) is 2. The molecule has 2 rings (SSSR count). The lowest BCUT2D eigenvalue weighted by Gasteiger charge is -2.14. The van der Waals surface area contributed by atoms with E-state index in [0.717, 1.165) is 12.5 Å². The molecular weight excluding hydrogens is 224 g/mol. The highest BCUT2D eigenvalue weighted by molar-refractivity contribution is 5.78. The Bertz CT molecular complexity index is 395. The van der Waals surface area contributed by atoms with Crippen molar-refractivity contribution >= 4 is 5.91 Å². The lowest BCUT2D eigenvalue weighted by molar-refractivity contribution is -0.120. The summed E-state index contributed by atoms with van der Waals surface area (Å²) in [6.07, 6.45) is 2.54. The van der Waals surface area contributed by atoms with E-state index >= 15 is 0 Å². The first-order chi connectivity index (χ1) is 8.65. The van der Waals surface area contributed by atoms with Gasteiger partial charge in [0.15, 0.2) is 0 Å². The molecule has 98 valence electrons. The normalized spacial score (nSPS) is 16.3. The number of hydrogen-bond acceptors (Lipinski definition) is 2. The van der Waals surface area contributed by atoms with E-state index in [1.165, 1.54) is 24.0 Å². The van der Waals surface area contributed by atoms with Crippen LogP contribution in [0.1, 0.15) is 36.9 Å². The summed E-state index contributed by atoms with van der Waals surface area (Å²) in [5, 5.41) is 6.21. The van der Waals surface area contributed by atoms with Gasteiger partial charge in [-0.1, -0.05) is 29.8 Å². The molecule has 0 unspecified atom stereocenters. The highest BCUT2D eigenvalue weighted by Gasteiger charge is 2.21. The quantitative estimate of drug-likeness (QED) is 0.807. The maximum Gasteiger partial charge on any atom is 0.233 e. The van der Waals surface area contributed by atoms with E-state index in [4.69, 9.17) is 0 Å². The second-order valence-electron chi connectivity index (χ2n) is 5.26. The zero-order valence-electron chi connectivity index (χ0n) is 11.2. The fourth-order valence-corrected chi connectivity index (χ4v) is 1.86. The second-order valence-corrected chi connectivity index (χ2v) is 5.26. The fourth-order valence-electron chi connectivity index (χ4n) is 1.86. The van der Waals surface area contributed by atoms with Gasteiger partial charge < -0.3 is 10.6 Å². The Morgan fingerprint density at radius 1 is 1.33 bits per heavy atom. The Hall–Kier alpha value is -1.35. The van der Waals surface area contributed by atoms with Crippen LogP contribution in [-0.2, 0) is 4.79 Å². The Kier molecular flexibility index (Phi) is 4.37. The number of aryl methyl sites for hydroxylation is 1. The van der Waals surface area contributed by atoms with Crippen LogP contribution >= 0.6 is 0 Å². The van der Waals surface area contributed by atoms with Crippen molar-refractivity contribution < 1.29 is 4.79 Å². The van der Waals surface area contributed by atoms with Crippen LogP contribution in [0.4, 0.5) is 0 Å². The summed E-state index contributed by atoms with van der Waals surface area (Å²) in [6, 6.07) is 8.61. The van der Waals surface area contributed by atoms with Crippen LogP contribution in [-0.4, -0.2) is 19.0 Å². The van der Waals surface area contributed by atoms with Gasteiger partial charge in [0.05, 0.1) is 6.54 Å². The van der Waals surface area contributed by atoms with Crippen LogP contribution < -0.4 is 10.6 Å². The van der Waals surface area contributed by atoms with Gasteiger partial charge in [-0.2, -0.15) is 0 Å². The molecule has 1 aliphatic rings. The molecule has 1 atom stereocenters. The number of nitrogens with one attached hydrogen (secondary N) is 2. The van der Waals surface area contributed by atoms with Gasteiger partial charge in [0.25, 0.3) is 0 Å². The molecule has 1 fully saturated rings. The Morgan fingerprint density at radius 3 is 2.61 bits per heavy atom. The first-order valence-corrected chi connectivity index (χ1v) is 6.72. The van der Waals surface area contributed by atoms with Crippen molar-refractivity contribution in [2.45, 2.75) is 32.7 Å². The molecule has 0 bridgehead atoms. The maximum absolute atomic E-state index is 11.6. The summed E-state index contributed by atoms with van der Waals surface area (Å²) >= 11 is 0. The van der Waals surface area contributed by atoms with Crippen molar-refractivity contribution in [2.24, 2.45) is 5.92 Å². The SMILES string of the molecule is Cc1ccc([C@H](C)NCC(=O)NCC2CC2)cc1. The minimum absolute atomic E-state index is 0.0980. The van der Waals surface area contributed by atoms with Gasteiger partial charge in [-0.3, -0.25) is 4.79 Å². The predicted molar refractivity (Wildman–Crippen MR) is 73.3 cm³/mol. The van der Waals surface area contributed by atoms with Gasteiger partial charge >= 0.3 is 0 Å². The van der Waals surface area contributed by atoms with Crippen LogP contribution in [0.15, 0.2) is 24.3 Å². The molecule has 0 saturated heterocycles.